The number of carbonyl (C=O) groups excluding carboxylic acids is 4. The molecule has 0 bridgehead atoms. The van der Waals surface area contributed by atoms with Gasteiger partial charge >= 0.3 is 5.97 Å². The van der Waals surface area contributed by atoms with E-state index in [1.807, 2.05) is 39.0 Å². The number of esters is 1. The predicted octanol–water partition coefficient (Wildman–Crippen LogP) is 11.2. The number of benzene rings is 2. The monoisotopic (exact) mass is 776 g/mol. The molecule has 7 rings (SSSR count). The summed E-state index contributed by atoms with van der Waals surface area (Å²) in [5, 5.41) is 1.93. The van der Waals surface area contributed by atoms with Crippen molar-refractivity contribution in [1.82, 2.24) is 0 Å². The van der Waals surface area contributed by atoms with Crippen LogP contribution in [0.15, 0.2) is 60.7 Å². The molecule has 7 nitrogen and oxygen atoms in total. The molecule has 6 unspecified atom stereocenters. The SMILES string of the molecule is C=CC1CC1(CC(=O)C1CC(Oc2cc(C3=CCC(CC4CCCC4)=C3)cc3cc(OC)ccc23)CC1C(=O)C(CC(=O)OC1CCCCC1)C(C)(C)C)C(C)=O. The van der Waals surface area contributed by atoms with Crippen LogP contribution in [0.25, 0.3) is 16.3 Å². The van der Waals surface area contributed by atoms with Gasteiger partial charge in [0.15, 0.2) is 0 Å². The summed E-state index contributed by atoms with van der Waals surface area (Å²) >= 11 is 0. The maximum atomic E-state index is 14.9. The van der Waals surface area contributed by atoms with E-state index < -0.39 is 34.7 Å². The van der Waals surface area contributed by atoms with Crippen molar-refractivity contribution in [3.05, 3.63) is 66.3 Å². The molecule has 0 heterocycles. The quantitative estimate of drug-likeness (QED) is 0.124. The number of methoxy groups -OCH3 is 1. The molecule has 306 valence electrons. The number of fused-ring (bicyclic) bond motifs is 1. The molecule has 0 radical (unpaired) electrons. The van der Waals surface area contributed by atoms with Crippen LogP contribution in [0.2, 0.25) is 0 Å². The Bertz CT molecular complexity index is 1930. The zero-order valence-corrected chi connectivity index (χ0v) is 35.0. The molecule has 4 saturated carbocycles. The molecule has 2 aromatic carbocycles. The first-order valence-corrected chi connectivity index (χ1v) is 21.9. The molecule has 7 heteroatoms. The Balaban J connectivity index is 1.17. The Hall–Kier alpha value is -4.00. The van der Waals surface area contributed by atoms with Gasteiger partial charge in [-0.25, -0.2) is 0 Å². The van der Waals surface area contributed by atoms with Gasteiger partial charge in [0.05, 0.1) is 13.5 Å². The van der Waals surface area contributed by atoms with Crippen molar-refractivity contribution in [2.45, 2.75) is 143 Å². The highest BCUT2D eigenvalue weighted by molar-refractivity contribution is 5.98. The van der Waals surface area contributed by atoms with Crippen molar-refractivity contribution in [2.75, 3.05) is 7.11 Å². The van der Waals surface area contributed by atoms with E-state index in [4.69, 9.17) is 14.2 Å². The van der Waals surface area contributed by atoms with Gasteiger partial charge < -0.3 is 14.2 Å². The van der Waals surface area contributed by atoms with Gasteiger partial charge in [0.25, 0.3) is 0 Å². The first-order chi connectivity index (χ1) is 27.3. The number of hydrogen-bond donors (Lipinski definition) is 0. The Morgan fingerprint density at radius 1 is 0.930 bits per heavy atom. The molecule has 5 aliphatic rings. The number of ether oxygens (including phenoxy) is 3. The van der Waals surface area contributed by atoms with E-state index in [0.29, 0.717) is 25.0 Å². The number of carbonyl (C=O) groups is 4. The van der Waals surface area contributed by atoms with E-state index in [1.54, 1.807) is 20.1 Å². The fraction of sp³-hybridized carbons (Fsp3) is 0.600. The van der Waals surface area contributed by atoms with Crippen molar-refractivity contribution >= 4 is 39.7 Å². The van der Waals surface area contributed by atoms with Crippen molar-refractivity contribution in [3.63, 3.8) is 0 Å². The molecule has 0 aromatic heterocycles. The first kappa shape index (κ1) is 41.2. The maximum absolute atomic E-state index is 14.9. The van der Waals surface area contributed by atoms with Crippen LogP contribution in [-0.2, 0) is 23.9 Å². The smallest absolute Gasteiger partial charge is 0.306 e. The lowest BCUT2D eigenvalue weighted by Gasteiger charge is -2.33. The van der Waals surface area contributed by atoms with Gasteiger partial charge in [-0.05, 0) is 129 Å². The molecule has 0 N–H and O–H groups in total. The second kappa shape index (κ2) is 17.1. The third kappa shape index (κ3) is 9.18. The van der Waals surface area contributed by atoms with Crippen LogP contribution in [0.3, 0.4) is 0 Å². The van der Waals surface area contributed by atoms with Crippen LogP contribution in [0.1, 0.15) is 136 Å². The Labute approximate surface area is 340 Å². The molecule has 6 atom stereocenters. The van der Waals surface area contributed by atoms with E-state index in [-0.39, 0.29) is 48.2 Å². The Morgan fingerprint density at radius 2 is 1.65 bits per heavy atom. The summed E-state index contributed by atoms with van der Waals surface area (Å²) in [6, 6.07) is 10.3. The Morgan fingerprint density at radius 3 is 2.32 bits per heavy atom. The molecule has 2 aromatic rings. The van der Waals surface area contributed by atoms with Crippen LogP contribution in [-0.4, -0.2) is 42.6 Å². The number of Topliss-reactive ketones (excluding diaryl/α,β-unsaturated/α-hetero) is 3. The van der Waals surface area contributed by atoms with Crippen LogP contribution < -0.4 is 9.47 Å². The van der Waals surface area contributed by atoms with E-state index >= 15 is 0 Å². The normalized spacial score (nSPS) is 27.1. The van der Waals surface area contributed by atoms with E-state index in [2.05, 4.69) is 30.9 Å². The van der Waals surface area contributed by atoms with Gasteiger partial charge in [0, 0.05) is 35.0 Å². The topological polar surface area (TPSA) is 96.0 Å². The second-order valence-corrected chi connectivity index (χ2v) is 19.2. The van der Waals surface area contributed by atoms with Gasteiger partial charge in [0.2, 0.25) is 0 Å². The second-order valence-electron chi connectivity index (χ2n) is 19.2. The summed E-state index contributed by atoms with van der Waals surface area (Å²) in [6.07, 6.45) is 19.7. The standard InChI is InChI=1S/C50H64O7/c1-7-37-29-50(37,31(2)51)30-45(52)42-26-40(27-43(42)48(54)44(49(3,4)5)28-47(53)57-38-15-9-8-10-16-38)56-46-25-35(23-36-24-39(55-6)19-20-41(36)46)34-18-17-33(22-34)21-32-13-11-12-14-32/h7,18-20,22-25,32,37-38,40,42-44H,1,8-17,21,26-30H2,2-6H3. The fourth-order valence-corrected chi connectivity index (χ4v) is 10.6. The van der Waals surface area contributed by atoms with Gasteiger partial charge in [-0.3, -0.25) is 19.2 Å². The number of rotatable bonds is 16. The Kier molecular flexibility index (Phi) is 12.3. The van der Waals surface area contributed by atoms with Gasteiger partial charge in [-0.15, -0.1) is 6.58 Å². The molecule has 0 saturated heterocycles. The summed E-state index contributed by atoms with van der Waals surface area (Å²) in [5.74, 6) is -0.196. The highest BCUT2D eigenvalue weighted by Crippen LogP contribution is 2.58. The lowest BCUT2D eigenvalue weighted by atomic mass is 9.70. The molecular formula is C50H64O7. The van der Waals surface area contributed by atoms with E-state index in [9.17, 15) is 19.2 Å². The minimum absolute atomic E-state index is 0.00664. The molecule has 0 amide bonds. The molecule has 4 fully saturated rings. The highest BCUT2D eigenvalue weighted by atomic mass is 16.5. The molecule has 0 aliphatic heterocycles. The van der Waals surface area contributed by atoms with Gasteiger partial charge in [0.1, 0.15) is 41.1 Å². The fourth-order valence-electron chi connectivity index (χ4n) is 10.6. The predicted molar refractivity (Wildman–Crippen MR) is 225 cm³/mol. The van der Waals surface area contributed by atoms with Crippen molar-refractivity contribution in [1.29, 1.82) is 0 Å². The zero-order chi connectivity index (χ0) is 40.5. The summed E-state index contributed by atoms with van der Waals surface area (Å²) < 4.78 is 18.5. The molecule has 0 spiro atoms. The molecular weight excluding hydrogens is 713 g/mol. The van der Waals surface area contributed by atoms with Crippen molar-refractivity contribution in [2.24, 2.45) is 40.4 Å². The first-order valence-electron chi connectivity index (χ1n) is 21.9. The lowest BCUT2D eigenvalue weighted by molar-refractivity contribution is -0.155. The third-order valence-electron chi connectivity index (χ3n) is 14.2. The number of ketones is 3. The number of allylic oxidation sites excluding steroid dienone is 5. The molecule has 57 heavy (non-hydrogen) atoms. The zero-order valence-electron chi connectivity index (χ0n) is 35.0. The minimum Gasteiger partial charge on any atom is -0.497 e. The summed E-state index contributed by atoms with van der Waals surface area (Å²) in [5.41, 5.74) is 2.46. The van der Waals surface area contributed by atoms with Gasteiger partial charge in [-0.1, -0.05) is 76.7 Å². The lowest BCUT2D eigenvalue weighted by Crippen LogP contribution is -2.39. The summed E-state index contributed by atoms with van der Waals surface area (Å²) in [4.78, 5) is 55.8. The van der Waals surface area contributed by atoms with Crippen LogP contribution in [0.4, 0.5) is 0 Å². The van der Waals surface area contributed by atoms with Crippen molar-refractivity contribution in [3.8, 4) is 11.5 Å². The maximum Gasteiger partial charge on any atom is 0.306 e. The van der Waals surface area contributed by atoms with Crippen molar-refractivity contribution < 1.29 is 33.4 Å². The van der Waals surface area contributed by atoms with Crippen LogP contribution in [0, 0.1) is 40.4 Å². The van der Waals surface area contributed by atoms with E-state index in [1.165, 1.54) is 36.8 Å². The average molecular weight is 777 g/mol. The van der Waals surface area contributed by atoms with Gasteiger partial charge in [-0.2, -0.15) is 0 Å². The number of hydrogen-bond acceptors (Lipinski definition) is 7. The van der Waals surface area contributed by atoms with Crippen LogP contribution >= 0.6 is 0 Å². The van der Waals surface area contributed by atoms with E-state index in [0.717, 1.165) is 72.9 Å². The third-order valence-corrected chi connectivity index (χ3v) is 14.2. The summed E-state index contributed by atoms with van der Waals surface area (Å²) in [7, 11) is 1.67. The highest BCUT2D eigenvalue weighted by Gasteiger charge is 2.59. The summed E-state index contributed by atoms with van der Waals surface area (Å²) in [6.45, 7) is 11.5. The minimum atomic E-state index is -0.749. The largest absolute Gasteiger partial charge is 0.497 e. The average Bonchev–Trinajstić information content (AvgIpc) is 3.60. The molecule has 5 aliphatic carbocycles. The van der Waals surface area contributed by atoms with Crippen LogP contribution in [0.5, 0.6) is 11.5 Å².